The quantitative estimate of drug-likeness (QED) is 0.573. The number of hydrogen-bond acceptors (Lipinski definition) is 2. The second kappa shape index (κ2) is 7.35. The smallest absolute Gasteiger partial charge is 0.139 e. The van der Waals surface area contributed by atoms with E-state index < -0.39 is 0 Å². The van der Waals surface area contributed by atoms with Gasteiger partial charge in [-0.15, -0.1) is 0 Å². The van der Waals surface area contributed by atoms with Crippen LogP contribution in [0.2, 0.25) is 0 Å². The first-order chi connectivity index (χ1) is 13.8. The molecule has 2 heteroatoms. The number of hydrogen-bond donors (Lipinski definition) is 1. The SMILES string of the molecule is C[C@]12CC[C@](O)(CCC3CCCCC3)CC1CCC1C2CC[C@]2(C)C(=O)CCC12. The van der Waals surface area contributed by atoms with E-state index in [0.29, 0.717) is 23.0 Å². The summed E-state index contributed by atoms with van der Waals surface area (Å²) < 4.78 is 0. The predicted molar refractivity (Wildman–Crippen MR) is 117 cm³/mol. The Morgan fingerprint density at radius 1 is 0.897 bits per heavy atom. The normalized spacial score (nSPS) is 50.7. The minimum atomic E-state index is -0.388. The molecule has 5 rings (SSSR count). The fourth-order valence-corrected chi connectivity index (χ4v) is 9.27. The van der Waals surface area contributed by atoms with E-state index >= 15 is 0 Å². The lowest BCUT2D eigenvalue weighted by molar-refractivity contribution is -0.155. The molecule has 5 saturated carbocycles. The fraction of sp³-hybridized carbons (Fsp3) is 0.963. The van der Waals surface area contributed by atoms with E-state index in [1.54, 1.807) is 0 Å². The molecule has 0 bridgehead atoms. The number of carbonyl (C=O) groups is 1. The molecule has 0 aromatic carbocycles. The van der Waals surface area contributed by atoms with Crippen molar-refractivity contribution in [2.75, 3.05) is 0 Å². The number of fused-ring (bicyclic) bond motifs is 5. The van der Waals surface area contributed by atoms with Crippen molar-refractivity contribution in [3.63, 3.8) is 0 Å². The maximum absolute atomic E-state index is 12.6. The second-order valence-corrected chi connectivity index (χ2v) is 12.5. The van der Waals surface area contributed by atoms with Crippen molar-refractivity contribution in [3.8, 4) is 0 Å². The molecule has 4 unspecified atom stereocenters. The molecule has 29 heavy (non-hydrogen) atoms. The molecule has 2 nitrogen and oxygen atoms in total. The zero-order valence-electron chi connectivity index (χ0n) is 19.1. The molecule has 1 N–H and O–H groups in total. The van der Waals surface area contributed by atoms with Crippen LogP contribution in [0.25, 0.3) is 0 Å². The third kappa shape index (κ3) is 3.35. The Morgan fingerprint density at radius 2 is 1.69 bits per heavy atom. The molecular weight excluding hydrogens is 356 g/mol. The lowest BCUT2D eigenvalue weighted by Gasteiger charge is -2.61. The topological polar surface area (TPSA) is 37.3 Å². The molecule has 0 aliphatic heterocycles. The van der Waals surface area contributed by atoms with Crippen LogP contribution in [0.4, 0.5) is 0 Å². The standard InChI is InChI=1S/C27H44O2/c1-25-16-17-27(29,15-12-19-6-4-3-5-7-19)18-20(25)8-9-21-22-10-11-24(28)26(22,2)14-13-23(21)25/h19-23,29H,3-18H2,1-2H3/t20?,21?,22?,23?,25-,26-,27+/m0/s1. The zero-order valence-corrected chi connectivity index (χ0v) is 19.1. The average molecular weight is 401 g/mol. The Kier molecular flexibility index (Phi) is 5.20. The van der Waals surface area contributed by atoms with Gasteiger partial charge in [0.25, 0.3) is 0 Å². The molecule has 0 heterocycles. The van der Waals surface area contributed by atoms with Crippen LogP contribution in [-0.4, -0.2) is 16.5 Å². The van der Waals surface area contributed by atoms with Crippen LogP contribution in [-0.2, 0) is 4.79 Å². The largest absolute Gasteiger partial charge is 0.390 e. The van der Waals surface area contributed by atoms with Gasteiger partial charge in [0.05, 0.1) is 5.60 Å². The summed E-state index contributed by atoms with van der Waals surface area (Å²) in [5, 5.41) is 11.5. The van der Waals surface area contributed by atoms with Gasteiger partial charge in [-0.3, -0.25) is 4.79 Å². The highest BCUT2D eigenvalue weighted by atomic mass is 16.3. The van der Waals surface area contributed by atoms with Gasteiger partial charge in [0, 0.05) is 11.8 Å². The van der Waals surface area contributed by atoms with Gasteiger partial charge in [-0.25, -0.2) is 0 Å². The summed E-state index contributed by atoms with van der Waals surface area (Å²) in [5.41, 5.74) is 0.0215. The predicted octanol–water partition coefficient (Wildman–Crippen LogP) is 6.69. The lowest BCUT2D eigenvalue weighted by atomic mass is 9.44. The van der Waals surface area contributed by atoms with E-state index in [1.807, 2.05) is 0 Å². The summed E-state index contributed by atoms with van der Waals surface area (Å²) in [4.78, 5) is 12.6. The van der Waals surface area contributed by atoms with E-state index in [9.17, 15) is 9.90 Å². The number of carbonyl (C=O) groups excluding carboxylic acids is 1. The summed E-state index contributed by atoms with van der Waals surface area (Å²) in [6, 6.07) is 0. The number of aliphatic hydroxyl groups is 1. The molecule has 5 aliphatic carbocycles. The number of rotatable bonds is 3. The molecule has 0 saturated heterocycles. The second-order valence-electron chi connectivity index (χ2n) is 12.5. The Bertz CT molecular complexity index is 636. The fourth-order valence-electron chi connectivity index (χ4n) is 9.27. The van der Waals surface area contributed by atoms with Gasteiger partial charge < -0.3 is 5.11 Å². The van der Waals surface area contributed by atoms with E-state index in [1.165, 1.54) is 64.2 Å². The van der Waals surface area contributed by atoms with Gasteiger partial charge >= 0.3 is 0 Å². The maximum Gasteiger partial charge on any atom is 0.139 e. The molecule has 7 atom stereocenters. The summed E-state index contributed by atoms with van der Waals surface area (Å²) in [6.45, 7) is 4.87. The number of ketones is 1. The third-order valence-corrected chi connectivity index (χ3v) is 11.3. The van der Waals surface area contributed by atoms with Crippen LogP contribution >= 0.6 is 0 Å². The van der Waals surface area contributed by atoms with Crippen LogP contribution in [0.1, 0.15) is 117 Å². The van der Waals surface area contributed by atoms with Gasteiger partial charge in [0.15, 0.2) is 0 Å². The van der Waals surface area contributed by atoms with Crippen molar-refractivity contribution in [2.24, 2.45) is 40.4 Å². The van der Waals surface area contributed by atoms with Gasteiger partial charge in [-0.1, -0.05) is 46.0 Å². The molecule has 0 radical (unpaired) electrons. The molecule has 0 amide bonds. The summed E-state index contributed by atoms with van der Waals surface area (Å²) in [5.74, 6) is 4.37. The summed E-state index contributed by atoms with van der Waals surface area (Å²) in [7, 11) is 0. The lowest BCUT2D eigenvalue weighted by Crippen LogP contribution is -2.56. The molecule has 0 aromatic rings. The summed E-state index contributed by atoms with van der Waals surface area (Å²) >= 11 is 0. The Morgan fingerprint density at radius 3 is 2.48 bits per heavy atom. The molecule has 164 valence electrons. The van der Waals surface area contributed by atoms with Crippen LogP contribution in [0.5, 0.6) is 0 Å². The van der Waals surface area contributed by atoms with Gasteiger partial charge in [-0.05, 0) is 99.2 Å². The van der Waals surface area contributed by atoms with Crippen molar-refractivity contribution in [1.82, 2.24) is 0 Å². The Labute approximate surface area is 178 Å². The van der Waals surface area contributed by atoms with Crippen LogP contribution in [0, 0.1) is 40.4 Å². The molecule has 0 aromatic heterocycles. The third-order valence-electron chi connectivity index (χ3n) is 11.3. The first-order valence-electron chi connectivity index (χ1n) is 13.1. The van der Waals surface area contributed by atoms with E-state index in [4.69, 9.17) is 0 Å². The first kappa shape index (κ1) is 20.5. The van der Waals surface area contributed by atoms with Gasteiger partial charge in [0.2, 0.25) is 0 Å². The van der Waals surface area contributed by atoms with Crippen molar-refractivity contribution < 1.29 is 9.90 Å². The Hall–Kier alpha value is -0.370. The van der Waals surface area contributed by atoms with E-state index in [2.05, 4.69) is 13.8 Å². The van der Waals surface area contributed by atoms with E-state index in [0.717, 1.165) is 56.3 Å². The summed E-state index contributed by atoms with van der Waals surface area (Å²) in [6.07, 6.45) is 19.7. The van der Waals surface area contributed by atoms with Crippen LogP contribution < -0.4 is 0 Å². The monoisotopic (exact) mass is 400 g/mol. The van der Waals surface area contributed by atoms with Crippen molar-refractivity contribution >= 4 is 5.78 Å². The van der Waals surface area contributed by atoms with Gasteiger partial charge in [0.1, 0.15) is 5.78 Å². The molecule has 5 aliphatic rings. The van der Waals surface area contributed by atoms with Gasteiger partial charge in [-0.2, -0.15) is 0 Å². The molecule has 0 spiro atoms. The Balaban J connectivity index is 1.26. The highest BCUT2D eigenvalue weighted by Crippen LogP contribution is 2.66. The zero-order chi connectivity index (χ0) is 20.3. The number of Topliss-reactive ketones (excluding diaryl/α,β-unsaturated/α-hetero) is 1. The minimum Gasteiger partial charge on any atom is -0.390 e. The highest BCUT2D eigenvalue weighted by molar-refractivity contribution is 5.87. The van der Waals surface area contributed by atoms with Crippen LogP contribution in [0.15, 0.2) is 0 Å². The molecule has 5 fully saturated rings. The average Bonchev–Trinajstić information content (AvgIpc) is 3.03. The van der Waals surface area contributed by atoms with Crippen molar-refractivity contribution in [1.29, 1.82) is 0 Å². The van der Waals surface area contributed by atoms with Crippen molar-refractivity contribution in [2.45, 2.75) is 122 Å². The molecular formula is C27H44O2. The van der Waals surface area contributed by atoms with Crippen molar-refractivity contribution in [3.05, 3.63) is 0 Å². The first-order valence-corrected chi connectivity index (χ1v) is 13.1. The minimum absolute atomic E-state index is 0.000235. The van der Waals surface area contributed by atoms with Crippen LogP contribution in [0.3, 0.4) is 0 Å². The van der Waals surface area contributed by atoms with E-state index in [-0.39, 0.29) is 11.0 Å². The maximum atomic E-state index is 12.6. The highest BCUT2D eigenvalue weighted by Gasteiger charge is 2.61.